The molecule has 2 rings (SSSR count). The molecule has 0 amide bonds. The molecule has 1 heterocycles. The van der Waals surface area contributed by atoms with Crippen LogP contribution in [0.1, 0.15) is 61.7 Å². The molecule has 0 radical (unpaired) electrons. The number of hydrogen-bond donors (Lipinski definition) is 1. The number of carboxylic acid groups (broad SMARTS) is 1. The zero-order valence-corrected chi connectivity index (χ0v) is 12.4. The lowest BCUT2D eigenvalue weighted by molar-refractivity contribution is 0.0697. The second-order valence-corrected chi connectivity index (χ2v) is 5.12. The molecule has 1 N–H and O–H groups in total. The van der Waals surface area contributed by atoms with E-state index in [0.717, 1.165) is 25.7 Å². The summed E-state index contributed by atoms with van der Waals surface area (Å²) < 4.78 is 5.38. The predicted octanol–water partition coefficient (Wildman–Crippen LogP) is 4.12. The summed E-state index contributed by atoms with van der Waals surface area (Å²) in [4.78, 5) is 15.5. The van der Waals surface area contributed by atoms with Crippen LogP contribution < -0.4 is 0 Å². The maximum atomic E-state index is 11.0. The molecule has 0 fully saturated rings. The van der Waals surface area contributed by atoms with Gasteiger partial charge in [-0.3, -0.25) is 0 Å². The van der Waals surface area contributed by atoms with Gasteiger partial charge in [0.2, 0.25) is 11.7 Å². The summed E-state index contributed by atoms with van der Waals surface area (Å²) in [5.74, 6) is 0.416. The van der Waals surface area contributed by atoms with Crippen LogP contribution in [0.15, 0.2) is 28.8 Å². The van der Waals surface area contributed by atoms with Crippen LogP contribution in [-0.4, -0.2) is 21.2 Å². The van der Waals surface area contributed by atoms with Crippen LogP contribution in [0, 0.1) is 0 Å². The van der Waals surface area contributed by atoms with Gasteiger partial charge in [-0.1, -0.05) is 44.0 Å². The van der Waals surface area contributed by atoms with E-state index in [9.17, 15) is 4.79 Å². The summed E-state index contributed by atoms with van der Waals surface area (Å²) in [5, 5.41) is 13.0. The molecule has 21 heavy (non-hydrogen) atoms. The molecule has 0 saturated carbocycles. The monoisotopic (exact) mass is 288 g/mol. The standard InChI is InChI=1S/C16H20N2O3/c1-3-6-11(7-4-2)15-17-14(18-21-15)12-8-5-9-13(10-12)16(19)20/h5,8-11H,3-4,6-7H2,1-2H3,(H,19,20). The molecule has 0 aliphatic rings. The summed E-state index contributed by atoms with van der Waals surface area (Å²) in [5.41, 5.74) is 0.883. The summed E-state index contributed by atoms with van der Waals surface area (Å²) in [6.45, 7) is 4.27. The second kappa shape index (κ2) is 7.02. The SMILES string of the molecule is CCCC(CCC)c1nc(-c2cccc(C(=O)O)c2)no1. The number of nitrogens with zero attached hydrogens (tertiary/aromatic N) is 2. The quantitative estimate of drug-likeness (QED) is 0.829. The highest BCUT2D eigenvalue weighted by Crippen LogP contribution is 2.27. The highest BCUT2D eigenvalue weighted by atomic mass is 16.5. The summed E-state index contributed by atoms with van der Waals surface area (Å²) in [6, 6.07) is 6.58. The minimum Gasteiger partial charge on any atom is -0.478 e. The van der Waals surface area contributed by atoms with Crippen molar-refractivity contribution in [2.24, 2.45) is 0 Å². The molecule has 112 valence electrons. The smallest absolute Gasteiger partial charge is 0.335 e. The topological polar surface area (TPSA) is 76.2 Å². The van der Waals surface area contributed by atoms with Gasteiger partial charge in [0.1, 0.15) is 0 Å². The maximum absolute atomic E-state index is 11.0. The average Bonchev–Trinajstić information content (AvgIpc) is 2.97. The van der Waals surface area contributed by atoms with Crippen molar-refractivity contribution in [2.45, 2.75) is 45.4 Å². The van der Waals surface area contributed by atoms with Gasteiger partial charge < -0.3 is 9.63 Å². The van der Waals surface area contributed by atoms with Gasteiger partial charge in [-0.15, -0.1) is 0 Å². The third-order valence-electron chi connectivity index (χ3n) is 3.43. The van der Waals surface area contributed by atoms with Crippen LogP contribution in [0.2, 0.25) is 0 Å². The molecule has 1 aromatic heterocycles. The van der Waals surface area contributed by atoms with Gasteiger partial charge in [-0.05, 0) is 25.0 Å². The summed E-state index contributed by atoms with van der Waals surface area (Å²) in [7, 11) is 0. The van der Waals surface area contributed by atoms with E-state index in [1.807, 2.05) is 0 Å². The Hall–Kier alpha value is -2.17. The number of aromatic carboxylic acids is 1. The minimum absolute atomic E-state index is 0.220. The Kier molecular flexibility index (Phi) is 5.09. The van der Waals surface area contributed by atoms with Gasteiger partial charge in [0, 0.05) is 11.5 Å². The number of carbonyl (C=O) groups is 1. The van der Waals surface area contributed by atoms with Crippen molar-refractivity contribution < 1.29 is 14.4 Å². The highest BCUT2D eigenvalue weighted by molar-refractivity contribution is 5.89. The van der Waals surface area contributed by atoms with E-state index in [4.69, 9.17) is 9.63 Å². The zero-order chi connectivity index (χ0) is 15.2. The van der Waals surface area contributed by atoms with E-state index >= 15 is 0 Å². The van der Waals surface area contributed by atoms with Crippen LogP contribution in [0.5, 0.6) is 0 Å². The third kappa shape index (κ3) is 3.68. The molecule has 0 aliphatic carbocycles. The highest BCUT2D eigenvalue weighted by Gasteiger charge is 2.18. The van der Waals surface area contributed by atoms with Crippen molar-refractivity contribution in [1.29, 1.82) is 0 Å². The Morgan fingerprint density at radius 2 is 2.00 bits per heavy atom. The summed E-state index contributed by atoms with van der Waals surface area (Å²) in [6.07, 6.45) is 4.17. The Labute approximate surface area is 124 Å². The van der Waals surface area contributed by atoms with Crippen LogP contribution in [0.3, 0.4) is 0 Å². The molecular formula is C16H20N2O3. The van der Waals surface area contributed by atoms with Crippen molar-refractivity contribution >= 4 is 5.97 Å². The molecular weight excluding hydrogens is 268 g/mol. The lowest BCUT2D eigenvalue weighted by Crippen LogP contribution is -1.99. The van der Waals surface area contributed by atoms with Gasteiger partial charge in [-0.2, -0.15) is 4.98 Å². The fourth-order valence-electron chi connectivity index (χ4n) is 2.40. The average molecular weight is 288 g/mol. The van der Waals surface area contributed by atoms with Crippen molar-refractivity contribution in [3.63, 3.8) is 0 Å². The van der Waals surface area contributed by atoms with E-state index in [0.29, 0.717) is 17.3 Å². The fourth-order valence-corrected chi connectivity index (χ4v) is 2.40. The van der Waals surface area contributed by atoms with E-state index in [-0.39, 0.29) is 11.5 Å². The maximum Gasteiger partial charge on any atom is 0.335 e. The third-order valence-corrected chi connectivity index (χ3v) is 3.43. The first kappa shape index (κ1) is 15.2. The molecule has 0 aliphatic heterocycles. The first-order valence-corrected chi connectivity index (χ1v) is 7.33. The lowest BCUT2D eigenvalue weighted by atomic mass is 9.98. The number of rotatable bonds is 7. The first-order chi connectivity index (χ1) is 10.2. The minimum atomic E-state index is -0.963. The number of carboxylic acids is 1. The van der Waals surface area contributed by atoms with Crippen LogP contribution in [0.25, 0.3) is 11.4 Å². The fraction of sp³-hybridized carbons (Fsp3) is 0.438. The Balaban J connectivity index is 2.26. The van der Waals surface area contributed by atoms with E-state index in [2.05, 4.69) is 24.0 Å². The number of benzene rings is 1. The molecule has 0 atom stereocenters. The molecule has 2 aromatic rings. The van der Waals surface area contributed by atoms with Crippen molar-refractivity contribution in [3.05, 3.63) is 35.7 Å². The van der Waals surface area contributed by atoms with E-state index in [1.54, 1.807) is 24.3 Å². The number of aromatic nitrogens is 2. The van der Waals surface area contributed by atoms with E-state index in [1.165, 1.54) is 0 Å². The van der Waals surface area contributed by atoms with Crippen LogP contribution in [0.4, 0.5) is 0 Å². The summed E-state index contributed by atoms with van der Waals surface area (Å²) >= 11 is 0. The molecule has 0 saturated heterocycles. The molecule has 0 spiro atoms. The number of hydrogen-bond acceptors (Lipinski definition) is 4. The van der Waals surface area contributed by atoms with Gasteiger partial charge in [-0.25, -0.2) is 4.79 Å². The zero-order valence-electron chi connectivity index (χ0n) is 12.4. The van der Waals surface area contributed by atoms with E-state index < -0.39 is 5.97 Å². The van der Waals surface area contributed by atoms with Crippen LogP contribution in [-0.2, 0) is 0 Å². The van der Waals surface area contributed by atoms with Gasteiger partial charge in [0.05, 0.1) is 5.56 Å². The molecule has 5 nitrogen and oxygen atoms in total. The van der Waals surface area contributed by atoms with Crippen molar-refractivity contribution in [1.82, 2.24) is 10.1 Å². The van der Waals surface area contributed by atoms with Crippen molar-refractivity contribution in [2.75, 3.05) is 0 Å². The Morgan fingerprint density at radius 1 is 1.29 bits per heavy atom. The largest absolute Gasteiger partial charge is 0.478 e. The lowest BCUT2D eigenvalue weighted by Gasteiger charge is -2.08. The Bertz CT molecular complexity index is 601. The normalized spacial score (nSPS) is 11.0. The molecule has 5 heteroatoms. The molecule has 0 unspecified atom stereocenters. The molecule has 0 bridgehead atoms. The van der Waals surface area contributed by atoms with Gasteiger partial charge in [0.15, 0.2) is 0 Å². The Morgan fingerprint density at radius 3 is 2.62 bits per heavy atom. The molecule has 1 aromatic carbocycles. The van der Waals surface area contributed by atoms with Crippen molar-refractivity contribution in [3.8, 4) is 11.4 Å². The first-order valence-electron chi connectivity index (χ1n) is 7.33. The predicted molar refractivity (Wildman–Crippen MR) is 79.3 cm³/mol. The second-order valence-electron chi connectivity index (χ2n) is 5.12. The van der Waals surface area contributed by atoms with Gasteiger partial charge >= 0.3 is 5.97 Å². The van der Waals surface area contributed by atoms with Gasteiger partial charge in [0.25, 0.3) is 0 Å². The van der Waals surface area contributed by atoms with Crippen LogP contribution >= 0.6 is 0 Å².